The number of anilines is 1. The zero-order chi connectivity index (χ0) is 16.9. The van der Waals surface area contributed by atoms with E-state index in [2.05, 4.69) is 9.97 Å². The van der Waals surface area contributed by atoms with Crippen LogP contribution < -0.4 is 4.90 Å². The highest BCUT2D eigenvalue weighted by molar-refractivity contribution is 6.31. The first-order valence-electron chi connectivity index (χ1n) is 8.20. The minimum atomic E-state index is 0.0510. The Morgan fingerprint density at radius 3 is 2.88 bits per heavy atom. The van der Waals surface area contributed by atoms with E-state index in [4.69, 9.17) is 16.3 Å². The normalized spacial score (nSPS) is 17.2. The van der Waals surface area contributed by atoms with Crippen molar-refractivity contribution in [2.45, 2.75) is 25.8 Å². The number of nitrogens with zero attached hydrogens (tertiary/aromatic N) is 3. The van der Waals surface area contributed by atoms with Crippen LogP contribution in [0.2, 0.25) is 5.02 Å². The molecule has 24 heavy (non-hydrogen) atoms. The van der Waals surface area contributed by atoms with Crippen molar-refractivity contribution in [1.29, 1.82) is 0 Å². The average molecular weight is 348 g/mol. The third-order valence-corrected chi connectivity index (χ3v) is 4.57. The summed E-state index contributed by atoms with van der Waals surface area (Å²) in [4.78, 5) is 11.2. The minimum absolute atomic E-state index is 0.0510. The Hall–Kier alpha value is -1.69. The van der Waals surface area contributed by atoms with Gasteiger partial charge in [0.25, 0.3) is 0 Å². The van der Waals surface area contributed by atoms with Crippen LogP contribution in [-0.4, -0.2) is 41.4 Å². The summed E-state index contributed by atoms with van der Waals surface area (Å²) >= 11 is 6.28. The molecule has 0 bridgehead atoms. The first kappa shape index (κ1) is 17.1. The Morgan fingerprint density at radius 1 is 1.33 bits per heavy atom. The van der Waals surface area contributed by atoms with Gasteiger partial charge < -0.3 is 14.7 Å². The Bertz CT molecular complexity index is 690. The van der Waals surface area contributed by atoms with Crippen molar-refractivity contribution in [3.05, 3.63) is 52.4 Å². The van der Waals surface area contributed by atoms with Crippen LogP contribution in [0.5, 0.6) is 0 Å². The Labute approximate surface area is 147 Å². The molecule has 1 aliphatic heterocycles. The Balaban J connectivity index is 1.88. The van der Waals surface area contributed by atoms with Gasteiger partial charge in [-0.25, -0.2) is 9.97 Å². The third kappa shape index (κ3) is 4.04. The van der Waals surface area contributed by atoms with E-state index >= 15 is 0 Å². The van der Waals surface area contributed by atoms with E-state index in [9.17, 15) is 5.11 Å². The van der Waals surface area contributed by atoms with Crippen LogP contribution >= 0.6 is 11.6 Å². The standard InChI is InChI=1S/C18H22ClN3O2/c1-13-20-17(15-6-9-24-12-15)10-18(21-13)22(7-8-23)11-14-4-2-3-5-16(14)19/h2-5,10,15,23H,6-9,11-12H2,1H3/t15-/m1/s1. The monoisotopic (exact) mass is 347 g/mol. The zero-order valence-corrected chi connectivity index (χ0v) is 14.5. The number of aromatic nitrogens is 2. The number of rotatable bonds is 6. The predicted octanol–water partition coefficient (Wildman–Crippen LogP) is 2.94. The summed E-state index contributed by atoms with van der Waals surface area (Å²) in [6.07, 6.45) is 0.987. The maximum Gasteiger partial charge on any atom is 0.132 e. The van der Waals surface area contributed by atoms with Gasteiger partial charge in [-0.3, -0.25) is 0 Å². The van der Waals surface area contributed by atoms with E-state index in [0.717, 1.165) is 40.9 Å². The molecule has 0 amide bonds. The first-order valence-corrected chi connectivity index (χ1v) is 8.57. The number of aliphatic hydroxyl groups is 1. The second kappa shape index (κ2) is 7.92. The molecule has 2 heterocycles. The van der Waals surface area contributed by atoms with Crippen LogP contribution in [0.3, 0.4) is 0 Å². The largest absolute Gasteiger partial charge is 0.395 e. The van der Waals surface area contributed by atoms with Gasteiger partial charge in [-0.2, -0.15) is 0 Å². The van der Waals surface area contributed by atoms with Crippen molar-refractivity contribution >= 4 is 17.4 Å². The highest BCUT2D eigenvalue weighted by atomic mass is 35.5. The molecule has 5 nitrogen and oxygen atoms in total. The van der Waals surface area contributed by atoms with Crippen LogP contribution in [-0.2, 0) is 11.3 Å². The molecule has 3 rings (SSSR count). The first-order chi connectivity index (χ1) is 11.7. The molecule has 1 aliphatic rings. The van der Waals surface area contributed by atoms with Gasteiger partial charge >= 0.3 is 0 Å². The molecule has 1 aromatic heterocycles. The van der Waals surface area contributed by atoms with Crippen LogP contribution in [0.15, 0.2) is 30.3 Å². The summed E-state index contributed by atoms with van der Waals surface area (Å²) in [5.74, 6) is 1.87. The summed E-state index contributed by atoms with van der Waals surface area (Å²) in [6, 6.07) is 9.76. The Morgan fingerprint density at radius 2 is 2.17 bits per heavy atom. The van der Waals surface area contributed by atoms with E-state index in [1.165, 1.54) is 0 Å². The fourth-order valence-electron chi connectivity index (χ4n) is 2.94. The van der Waals surface area contributed by atoms with E-state index in [1.807, 2.05) is 42.2 Å². The van der Waals surface area contributed by atoms with Crippen molar-refractivity contribution in [3.63, 3.8) is 0 Å². The number of aliphatic hydroxyl groups excluding tert-OH is 1. The maximum atomic E-state index is 9.46. The highest BCUT2D eigenvalue weighted by Crippen LogP contribution is 2.27. The second-order valence-electron chi connectivity index (χ2n) is 6.00. The van der Waals surface area contributed by atoms with Crippen LogP contribution in [0.4, 0.5) is 5.82 Å². The lowest BCUT2D eigenvalue weighted by Crippen LogP contribution is -2.28. The molecule has 1 fully saturated rings. The molecule has 0 radical (unpaired) electrons. The molecule has 0 spiro atoms. The molecule has 1 N–H and O–H groups in total. The second-order valence-corrected chi connectivity index (χ2v) is 6.40. The van der Waals surface area contributed by atoms with Gasteiger partial charge in [0.05, 0.1) is 18.9 Å². The summed E-state index contributed by atoms with van der Waals surface area (Å²) in [6.45, 7) is 4.52. The molecule has 128 valence electrons. The summed E-state index contributed by atoms with van der Waals surface area (Å²) in [5.41, 5.74) is 2.02. The van der Waals surface area contributed by atoms with Crippen molar-refractivity contribution < 1.29 is 9.84 Å². The van der Waals surface area contributed by atoms with Crippen molar-refractivity contribution in [2.75, 3.05) is 31.3 Å². The van der Waals surface area contributed by atoms with Gasteiger partial charge in [0.2, 0.25) is 0 Å². The number of halogens is 1. The van der Waals surface area contributed by atoms with Gasteiger partial charge in [-0.15, -0.1) is 0 Å². The number of hydrogen-bond donors (Lipinski definition) is 1. The molecular weight excluding hydrogens is 326 g/mol. The quantitative estimate of drug-likeness (QED) is 0.870. The van der Waals surface area contributed by atoms with Gasteiger partial charge in [0, 0.05) is 36.7 Å². The highest BCUT2D eigenvalue weighted by Gasteiger charge is 2.21. The Kier molecular flexibility index (Phi) is 5.66. The molecule has 1 atom stereocenters. The van der Waals surface area contributed by atoms with Crippen LogP contribution in [0.25, 0.3) is 0 Å². The lowest BCUT2D eigenvalue weighted by atomic mass is 10.0. The fraction of sp³-hybridized carbons (Fsp3) is 0.444. The van der Waals surface area contributed by atoms with Gasteiger partial charge in [-0.05, 0) is 25.0 Å². The SMILES string of the molecule is Cc1nc([C@@H]2CCOC2)cc(N(CCO)Cc2ccccc2Cl)n1. The number of ether oxygens (including phenoxy) is 1. The maximum absolute atomic E-state index is 9.46. The van der Waals surface area contributed by atoms with E-state index in [-0.39, 0.29) is 6.61 Å². The molecule has 0 unspecified atom stereocenters. The summed E-state index contributed by atoms with van der Waals surface area (Å²) in [5, 5.41) is 10.2. The summed E-state index contributed by atoms with van der Waals surface area (Å²) in [7, 11) is 0. The predicted molar refractivity (Wildman–Crippen MR) is 94.5 cm³/mol. The molecule has 1 saturated heterocycles. The minimum Gasteiger partial charge on any atom is -0.395 e. The van der Waals surface area contributed by atoms with Gasteiger partial charge in [0.15, 0.2) is 0 Å². The fourth-order valence-corrected chi connectivity index (χ4v) is 3.14. The smallest absolute Gasteiger partial charge is 0.132 e. The van der Waals surface area contributed by atoms with Gasteiger partial charge in [-0.1, -0.05) is 29.8 Å². The van der Waals surface area contributed by atoms with Crippen molar-refractivity contribution in [1.82, 2.24) is 9.97 Å². The van der Waals surface area contributed by atoms with Crippen LogP contribution in [0, 0.1) is 6.92 Å². The number of aryl methyl sites for hydroxylation is 1. The molecule has 1 aromatic carbocycles. The molecule has 6 heteroatoms. The topological polar surface area (TPSA) is 58.5 Å². The van der Waals surface area contributed by atoms with Crippen molar-refractivity contribution in [3.8, 4) is 0 Å². The summed E-state index contributed by atoms with van der Waals surface area (Å²) < 4.78 is 5.48. The molecule has 0 aliphatic carbocycles. The van der Waals surface area contributed by atoms with E-state index in [0.29, 0.717) is 25.6 Å². The van der Waals surface area contributed by atoms with E-state index in [1.54, 1.807) is 0 Å². The number of benzene rings is 1. The lowest BCUT2D eigenvalue weighted by molar-refractivity contribution is 0.193. The third-order valence-electron chi connectivity index (χ3n) is 4.21. The lowest BCUT2D eigenvalue weighted by Gasteiger charge is -2.24. The number of hydrogen-bond acceptors (Lipinski definition) is 5. The van der Waals surface area contributed by atoms with Gasteiger partial charge in [0.1, 0.15) is 11.6 Å². The molecule has 2 aromatic rings. The zero-order valence-electron chi connectivity index (χ0n) is 13.8. The van der Waals surface area contributed by atoms with Crippen molar-refractivity contribution in [2.24, 2.45) is 0 Å². The molecular formula is C18H22ClN3O2. The van der Waals surface area contributed by atoms with Crippen LogP contribution in [0.1, 0.15) is 29.4 Å². The molecule has 0 saturated carbocycles. The van der Waals surface area contributed by atoms with E-state index < -0.39 is 0 Å². The average Bonchev–Trinajstić information content (AvgIpc) is 3.10.